The molecule has 3 atom stereocenters. The lowest BCUT2D eigenvalue weighted by Gasteiger charge is -2.37. The number of carbonyl (C=O) groups is 1. The first-order valence-corrected chi connectivity index (χ1v) is 9.76. The van der Waals surface area contributed by atoms with Gasteiger partial charge in [-0.05, 0) is 50.6 Å². The Morgan fingerprint density at radius 2 is 1.86 bits per heavy atom. The van der Waals surface area contributed by atoms with Crippen molar-refractivity contribution in [3.05, 3.63) is 71.3 Å². The molecule has 0 spiro atoms. The Kier molecular flexibility index (Phi) is 6.64. The van der Waals surface area contributed by atoms with Gasteiger partial charge in [0.25, 0.3) is 0 Å². The van der Waals surface area contributed by atoms with E-state index in [9.17, 15) is 13.6 Å². The molecule has 0 aromatic heterocycles. The zero-order valence-corrected chi connectivity index (χ0v) is 16.9. The normalized spacial score (nSPS) is 20.7. The first kappa shape index (κ1) is 21.0. The molecular weight excluding hydrogens is 374 g/mol. The van der Waals surface area contributed by atoms with Gasteiger partial charge < -0.3 is 15.0 Å². The predicted molar refractivity (Wildman–Crippen MR) is 111 cm³/mol. The number of benzene rings is 2. The minimum atomic E-state index is -0.966. The van der Waals surface area contributed by atoms with Gasteiger partial charge in [-0.3, -0.25) is 4.79 Å². The van der Waals surface area contributed by atoms with E-state index in [-0.39, 0.29) is 29.7 Å². The van der Waals surface area contributed by atoms with Crippen LogP contribution >= 0.6 is 0 Å². The maximum Gasteiger partial charge on any atom is 0.244 e. The Morgan fingerprint density at radius 1 is 1.17 bits per heavy atom. The third kappa shape index (κ3) is 5.41. The number of hydrogen-bond donors (Lipinski definition) is 1. The Labute approximate surface area is 170 Å². The molecule has 6 heteroatoms. The second-order valence-electron chi connectivity index (χ2n) is 7.46. The summed E-state index contributed by atoms with van der Waals surface area (Å²) in [6.07, 6.45) is 2.80. The van der Waals surface area contributed by atoms with Crippen LogP contribution in [0.15, 0.2) is 48.5 Å². The van der Waals surface area contributed by atoms with Crippen LogP contribution in [0.5, 0.6) is 0 Å². The number of morpholine rings is 1. The number of hydrogen-bond acceptors (Lipinski definition) is 3. The fraction of sp³-hybridized carbons (Fsp3) is 0.348. The van der Waals surface area contributed by atoms with Crippen LogP contribution in [0.3, 0.4) is 0 Å². The molecule has 154 valence electrons. The van der Waals surface area contributed by atoms with Gasteiger partial charge in [-0.15, -0.1) is 0 Å². The predicted octanol–water partition coefficient (Wildman–Crippen LogP) is 4.47. The van der Waals surface area contributed by atoms with Crippen molar-refractivity contribution < 1.29 is 18.3 Å². The van der Waals surface area contributed by atoms with Gasteiger partial charge in [-0.1, -0.05) is 24.3 Å². The molecule has 3 rings (SSSR count). The molecule has 1 amide bonds. The number of halogens is 2. The van der Waals surface area contributed by atoms with Crippen LogP contribution in [-0.2, 0) is 9.53 Å². The van der Waals surface area contributed by atoms with Crippen LogP contribution in [0.4, 0.5) is 14.5 Å². The van der Waals surface area contributed by atoms with Crippen LogP contribution in [0.1, 0.15) is 37.9 Å². The summed E-state index contributed by atoms with van der Waals surface area (Å²) in [4.78, 5) is 14.5. The van der Waals surface area contributed by atoms with E-state index in [1.165, 1.54) is 24.3 Å². The van der Waals surface area contributed by atoms with Crippen molar-refractivity contribution in [1.82, 2.24) is 5.32 Å². The molecule has 0 saturated carbocycles. The van der Waals surface area contributed by atoms with Crippen molar-refractivity contribution in [2.45, 2.75) is 39.0 Å². The molecule has 1 aliphatic rings. The molecule has 1 N–H and O–H groups in total. The maximum absolute atomic E-state index is 13.7. The Balaban J connectivity index is 1.66. The van der Waals surface area contributed by atoms with Crippen molar-refractivity contribution in [3.8, 4) is 0 Å². The van der Waals surface area contributed by atoms with Crippen LogP contribution in [0, 0.1) is 11.6 Å². The summed E-state index contributed by atoms with van der Waals surface area (Å²) in [5.41, 5.74) is 2.08. The molecular formula is C23H26F2N2O2. The van der Waals surface area contributed by atoms with Gasteiger partial charge in [0.15, 0.2) is 11.6 Å². The third-order valence-electron chi connectivity index (χ3n) is 4.91. The maximum atomic E-state index is 13.7. The van der Waals surface area contributed by atoms with E-state index >= 15 is 0 Å². The highest BCUT2D eigenvalue weighted by molar-refractivity contribution is 5.92. The van der Waals surface area contributed by atoms with Crippen molar-refractivity contribution >= 4 is 17.7 Å². The second kappa shape index (κ2) is 9.18. The molecule has 0 radical (unpaired) electrons. The van der Waals surface area contributed by atoms with E-state index < -0.39 is 11.6 Å². The number of carbonyl (C=O) groups excluding carboxylic acids is 1. The standard InChI is InChI=1S/C23H26F2N2O2/c1-15-13-27(14-16(2)29-15)20-8-4-7-19(12-20)17(3)26-22(28)11-10-18-6-5-9-21(24)23(18)25/h4-12,15-17H,13-14H2,1-3H3,(H,26,28). The Morgan fingerprint density at radius 3 is 2.59 bits per heavy atom. The number of ether oxygens (including phenoxy) is 1. The lowest BCUT2D eigenvalue weighted by atomic mass is 10.1. The van der Waals surface area contributed by atoms with Crippen molar-refractivity contribution in [3.63, 3.8) is 0 Å². The lowest BCUT2D eigenvalue weighted by molar-refractivity contribution is -0.117. The lowest BCUT2D eigenvalue weighted by Crippen LogP contribution is -2.45. The molecule has 0 aliphatic carbocycles. The van der Waals surface area contributed by atoms with Crippen LogP contribution in [-0.4, -0.2) is 31.2 Å². The molecule has 0 bridgehead atoms. The smallest absolute Gasteiger partial charge is 0.244 e. The van der Waals surface area contributed by atoms with Crippen LogP contribution in [0.2, 0.25) is 0 Å². The number of rotatable bonds is 5. The molecule has 2 aromatic carbocycles. The van der Waals surface area contributed by atoms with Crippen molar-refractivity contribution in [2.24, 2.45) is 0 Å². The first-order valence-electron chi connectivity index (χ1n) is 9.76. The highest BCUT2D eigenvalue weighted by atomic mass is 19.2. The summed E-state index contributed by atoms with van der Waals surface area (Å²) < 4.78 is 32.7. The van der Waals surface area contributed by atoms with Gasteiger partial charge in [0.05, 0.1) is 18.2 Å². The summed E-state index contributed by atoms with van der Waals surface area (Å²) in [5, 5.41) is 2.86. The summed E-state index contributed by atoms with van der Waals surface area (Å²) >= 11 is 0. The second-order valence-corrected chi connectivity index (χ2v) is 7.46. The summed E-state index contributed by atoms with van der Waals surface area (Å²) in [6, 6.07) is 11.7. The number of amides is 1. The van der Waals surface area contributed by atoms with Gasteiger partial charge in [-0.25, -0.2) is 8.78 Å². The number of nitrogens with zero attached hydrogens (tertiary/aromatic N) is 1. The minimum Gasteiger partial charge on any atom is -0.372 e. The minimum absolute atomic E-state index is 0.0327. The molecule has 29 heavy (non-hydrogen) atoms. The topological polar surface area (TPSA) is 41.6 Å². The van der Waals surface area contributed by atoms with Gasteiger partial charge in [-0.2, -0.15) is 0 Å². The van der Waals surface area contributed by atoms with Gasteiger partial charge in [0.1, 0.15) is 0 Å². The first-order chi connectivity index (χ1) is 13.8. The van der Waals surface area contributed by atoms with E-state index in [4.69, 9.17) is 4.74 Å². The Bertz CT molecular complexity index is 890. The number of nitrogens with one attached hydrogen (secondary N) is 1. The summed E-state index contributed by atoms with van der Waals surface area (Å²) in [5.74, 6) is -2.28. The van der Waals surface area contributed by atoms with Crippen molar-refractivity contribution in [2.75, 3.05) is 18.0 Å². The SMILES string of the molecule is CC1CN(c2cccc(C(C)NC(=O)C=Cc3cccc(F)c3F)c2)CC(C)O1. The average molecular weight is 400 g/mol. The quantitative estimate of drug-likeness (QED) is 0.753. The monoisotopic (exact) mass is 400 g/mol. The van der Waals surface area contributed by atoms with Gasteiger partial charge in [0.2, 0.25) is 5.91 Å². The fourth-order valence-corrected chi connectivity index (χ4v) is 3.54. The zero-order chi connectivity index (χ0) is 21.0. The van der Waals surface area contributed by atoms with E-state index in [1.807, 2.05) is 19.1 Å². The van der Waals surface area contributed by atoms with Crippen molar-refractivity contribution in [1.29, 1.82) is 0 Å². The van der Waals surface area contributed by atoms with E-state index in [0.717, 1.165) is 30.4 Å². The van der Waals surface area contributed by atoms with E-state index in [1.54, 1.807) is 0 Å². The Hall–Kier alpha value is -2.73. The molecule has 1 aliphatic heterocycles. The largest absolute Gasteiger partial charge is 0.372 e. The van der Waals surface area contributed by atoms with Crippen LogP contribution < -0.4 is 10.2 Å². The van der Waals surface area contributed by atoms with Gasteiger partial charge >= 0.3 is 0 Å². The highest BCUT2D eigenvalue weighted by Crippen LogP contribution is 2.24. The van der Waals surface area contributed by atoms with E-state index in [0.29, 0.717) is 0 Å². The summed E-state index contributed by atoms with van der Waals surface area (Å²) in [6.45, 7) is 7.64. The van der Waals surface area contributed by atoms with Gasteiger partial charge in [0, 0.05) is 30.4 Å². The molecule has 3 unspecified atom stereocenters. The zero-order valence-electron chi connectivity index (χ0n) is 16.9. The average Bonchev–Trinajstić information content (AvgIpc) is 2.68. The molecule has 1 fully saturated rings. The molecule has 1 heterocycles. The number of anilines is 1. The van der Waals surface area contributed by atoms with Crippen LogP contribution in [0.25, 0.3) is 6.08 Å². The molecule has 4 nitrogen and oxygen atoms in total. The molecule has 1 saturated heterocycles. The third-order valence-corrected chi connectivity index (χ3v) is 4.91. The highest BCUT2D eigenvalue weighted by Gasteiger charge is 2.22. The van der Waals surface area contributed by atoms with E-state index in [2.05, 4.69) is 36.2 Å². The molecule has 2 aromatic rings. The fourth-order valence-electron chi connectivity index (χ4n) is 3.54. The summed E-state index contributed by atoms with van der Waals surface area (Å²) in [7, 11) is 0.